The molecule has 1 amide bonds. The lowest BCUT2D eigenvalue weighted by atomic mass is 9.98. The van der Waals surface area contributed by atoms with E-state index in [0.717, 1.165) is 16.7 Å². The monoisotopic (exact) mass is 471 g/mol. The summed E-state index contributed by atoms with van der Waals surface area (Å²) in [4.78, 5) is 28.6. The molecule has 1 heterocycles. The van der Waals surface area contributed by atoms with Gasteiger partial charge in [-0.05, 0) is 60.9 Å². The van der Waals surface area contributed by atoms with Crippen molar-refractivity contribution in [3.63, 3.8) is 0 Å². The van der Waals surface area contributed by atoms with Crippen LogP contribution in [0.3, 0.4) is 0 Å². The van der Waals surface area contributed by atoms with Crippen LogP contribution in [0.2, 0.25) is 0 Å². The van der Waals surface area contributed by atoms with Crippen LogP contribution in [0.1, 0.15) is 33.2 Å². The molecule has 8 nitrogen and oxygen atoms in total. The second-order valence-electron chi connectivity index (χ2n) is 8.43. The number of benzene rings is 3. The summed E-state index contributed by atoms with van der Waals surface area (Å²) in [6.07, 6.45) is -1.27. The van der Waals surface area contributed by atoms with E-state index in [4.69, 9.17) is 4.98 Å². The first-order chi connectivity index (χ1) is 16.8. The highest BCUT2D eigenvalue weighted by Gasteiger charge is 2.25. The lowest BCUT2D eigenvalue weighted by molar-refractivity contribution is -0.384. The molecule has 0 radical (unpaired) electrons. The Morgan fingerprint density at radius 3 is 2.31 bits per heavy atom. The number of pyridine rings is 1. The molecular formula is C27H25N3O5. The predicted octanol–water partition coefficient (Wildman–Crippen LogP) is 4.25. The molecule has 178 valence electrons. The van der Waals surface area contributed by atoms with Gasteiger partial charge >= 0.3 is 0 Å². The average molecular weight is 472 g/mol. The number of rotatable bonds is 7. The summed E-state index contributed by atoms with van der Waals surface area (Å²) >= 11 is 0. The standard InChI is InChI=1S/C27H25N3O5/c1-16-12-21-22(14-23(18-6-4-3-5-7-18)28-24(21)13-17(16)2)27(33)29-25(15-31)26(32)19-8-10-20(11-9-19)30(34)35/h3-14,25-26,31-32H,15H2,1-2H3,(H,29,33). The number of nitrogens with one attached hydrogen (secondary N) is 1. The van der Waals surface area contributed by atoms with E-state index in [9.17, 15) is 25.1 Å². The van der Waals surface area contributed by atoms with Crippen molar-refractivity contribution >= 4 is 22.5 Å². The van der Waals surface area contributed by atoms with Gasteiger partial charge < -0.3 is 15.5 Å². The van der Waals surface area contributed by atoms with Crippen LogP contribution < -0.4 is 5.32 Å². The van der Waals surface area contributed by atoms with Crippen LogP contribution >= 0.6 is 0 Å². The van der Waals surface area contributed by atoms with Crippen molar-refractivity contribution in [2.24, 2.45) is 0 Å². The van der Waals surface area contributed by atoms with Crippen LogP contribution in [0.4, 0.5) is 5.69 Å². The number of nitro benzene ring substituents is 1. The maximum atomic E-state index is 13.4. The van der Waals surface area contributed by atoms with Crippen LogP contribution in [0, 0.1) is 24.0 Å². The Bertz CT molecular complexity index is 1390. The smallest absolute Gasteiger partial charge is 0.269 e. The van der Waals surface area contributed by atoms with Gasteiger partial charge in [0.1, 0.15) is 6.10 Å². The number of aliphatic hydroxyl groups excluding tert-OH is 2. The topological polar surface area (TPSA) is 126 Å². The van der Waals surface area contributed by atoms with Crippen molar-refractivity contribution in [2.45, 2.75) is 26.0 Å². The number of hydrogen-bond acceptors (Lipinski definition) is 6. The SMILES string of the molecule is Cc1cc2nc(-c3ccccc3)cc(C(=O)NC(CO)C(O)c3ccc([N+](=O)[O-])cc3)c2cc1C. The van der Waals surface area contributed by atoms with Crippen molar-refractivity contribution in [3.05, 3.63) is 105 Å². The van der Waals surface area contributed by atoms with E-state index in [0.29, 0.717) is 27.7 Å². The largest absolute Gasteiger partial charge is 0.394 e. The van der Waals surface area contributed by atoms with Crippen LogP contribution in [0.15, 0.2) is 72.8 Å². The molecule has 3 N–H and O–H groups in total. The summed E-state index contributed by atoms with van der Waals surface area (Å²) in [7, 11) is 0. The molecule has 8 heteroatoms. The third-order valence-electron chi connectivity index (χ3n) is 6.08. The number of fused-ring (bicyclic) bond motifs is 1. The highest BCUT2D eigenvalue weighted by molar-refractivity contribution is 6.07. The van der Waals surface area contributed by atoms with Crippen LogP contribution in [0.25, 0.3) is 22.2 Å². The fourth-order valence-electron chi connectivity index (χ4n) is 3.93. The molecule has 4 aromatic rings. The molecule has 1 aromatic heterocycles. The first-order valence-corrected chi connectivity index (χ1v) is 11.1. The van der Waals surface area contributed by atoms with Gasteiger partial charge in [0, 0.05) is 23.1 Å². The van der Waals surface area contributed by atoms with E-state index in [1.54, 1.807) is 6.07 Å². The number of non-ortho nitro benzene ring substituents is 1. The molecule has 4 rings (SSSR count). The fourth-order valence-corrected chi connectivity index (χ4v) is 3.93. The lowest BCUT2D eigenvalue weighted by Gasteiger charge is -2.23. The normalized spacial score (nSPS) is 12.8. The molecule has 2 unspecified atom stereocenters. The number of aromatic nitrogens is 1. The number of carbonyl (C=O) groups excluding carboxylic acids is 1. The first kappa shape index (κ1) is 24.0. The summed E-state index contributed by atoms with van der Waals surface area (Å²) in [6, 6.07) is 19.4. The molecule has 0 saturated heterocycles. The molecule has 0 saturated carbocycles. The van der Waals surface area contributed by atoms with Crippen LogP contribution in [-0.4, -0.2) is 38.7 Å². The van der Waals surface area contributed by atoms with Gasteiger partial charge in [-0.3, -0.25) is 14.9 Å². The quantitative estimate of drug-likeness (QED) is 0.273. The van der Waals surface area contributed by atoms with E-state index < -0.39 is 29.6 Å². The Hall–Kier alpha value is -4.14. The molecule has 0 fully saturated rings. The maximum Gasteiger partial charge on any atom is 0.269 e. The van der Waals surface area contributed by atoms with Crippen molar-refractivity contribution in [3.8, 4) is 11.3 Å². The highest BCUT2D eigenvalue weighted by atomic mass is 16.6. The fraction of sp³-hybridized carbons (Fsp3) is 0.185. The highest BCUT2D eigenvalue weighted by Crippen LogP contribution is 2.28. The Labute approximate surface area is 202 Å². The van der Waals surface area contributed by atoms with Gasteiger partial charge in [0.2, 0.25) is 0 Å². The third kappa shape index (κ3) is 5.03. The van der Waals surface area contributed by atoms with Crippen LogP contribution in [-0.2, 0) is 0 Å². The third-order valence-corrected chi connectivity index (χ3v) is 6.08. The van der Waals surface area contributed by atoms with E-state index in [1.807, 2.05) is 56.3 Å². The Morgan fingerprint density at radius 1 is 1.03 bits per heavy atom. The van der Waals surface area contributed by atoms with E-state index in [-0.39, 0.29) is 5.69 Å². The van der Waals surface area contributed by atoms with Gasteiger partial charge in [-0.15, -0.1) is 0 Å². The second-order valence-corrected chi connectivity index (χ2v) is 8.43. The number of aliphatic hydroxyl groups is 2. The van der Waals surface area contributed by atoms with E-state index >= 15 is 0 Å². The summed E-state index contributed by atoms with van der Waals surface area (Å²) in [5.41, 5.74) is 4.78. The lowest BCUT2D eigenvalue weighted by Crippen LogP contribution is -2.42. The Kier molecular flexibility index (Phi) is 6.86. The molecule has 2 atom stereocenters. The van der Waals surface area contributed by atoms with E-state index in [2.05, 4.69) is 5.32 Å². The van der Waals surface area contributed by atoms with Gasteiger partial charge in [-0.2, -0.15) is 0 Å². The van der Waals surface area contributed by atoms with E-state index in [1.165, 1.54) is 24.3 Å². The number of carbonyl (C=O) groups is 1. The zero-order chi connectivity index (χ0) is 25.1. The number of amides is 1. The van der Waals surface area contributed by atoms with Crippen LogP contribution in [0.5, 0.6) is 0 Å². The molecule has 0 bridgehead atoms. The first-order valence-electron chi connectivity index (χ1n) is 11.1. The summed E-state index contributed by atoms with van der Waals surface area (Å²) in [6.45, 7) is 3.40. The summed E-state index contributed by atoms with van der Waals surface area (Å²) in [5.74, 6) is -0.474. The van der Waals surface area contributed by atoms with Crippen molar-refractivity contribution in [1.29, 1.82) is 0 Å². The van der Waals surface area contributed by atoms with Crippen molar-refractivity contribution in [1.82, 2.24) is 10.3 Å². The zero-order valence-electron chi connectivity index (χ0n) is 19.3. The molecular weight excluding hydrogens is 446 g/mol. The maximum absolute atomic E-state index is 13.4. The molecule has 0 aliphatic heterocycles. The average Bonchev–Trinajstić information content (AvgIpc) is 2.87. The number of nitrogens with zero attached hydrogens (tertiary/aromatic N) is 2. The molecule has 0 spiro atoms. The minimum absolute atomic E-state index is 0.118. The van der Waals surface area contributed by atoms with Gasteiger partial charge in [-0.25, -0.2) is 4.98 Å². The number of nitro groups is 1. The Morgan fingerprint density at radius 2 is 1.69 bits per heavy atom. The predicted molar refractivity (Wildman–Crippen MR) is 133 cm³/mol. The minimum Gasteiger partial charge on any atom is -0.394 e. The van der Waals surface area contributed by atoms with Crippen molar-refractivity contribution < 1.29 is 19.9 Å². The van der Waals surface area contributed by atoms with Gasteiger partial charge in [0.05, 0.1) is 34.3 Å². The molecule has 35 heavy (non-hydrogen) atoms. The van der Waals surface area contributed by atoms with Gasteiger partial charge in [0.25, 0.3) is 11.6 Å². The van der Waals surface area contributed by atoms with Gasteiger partial charge in [-0.1, -0.05) is 30.3 Å². The Balaban J connectivity index is 1.70. The number of hydrogen-bond donors (Lipinski definition) is 3. The summed E-state index contributed by atoms with van der Waals surface area (Å²) in [5, 5.41) is 35.0. The minimum atomic E-state index is -1.27. The zero-order valence-corrected chi connectivity index (χ0v) is 19.3. The number of aryl methyl sites for hydroxylation is 2. The van der Waals surface area contributed by atoms with Gasteiger partial charge in [0.15, 0.2) is 0 Å². The van der Waals surface area contributed by atoms with Crippen molar-refractivity contribution in [2.75, 3.05) is 6.61 Å². The molecule has 0 aliphatic carbocycles. The molecule has 3 aromatic carbocycles. The molecule has 0 aliphatic rings. The second kappa shape index (κ2) is 10.0. The summed E-state index contributed by atoms with van der Waals surface area (Å²) < 4.78 is 0.